The topological polar surface area (TPSA) is 52.6 Å². The number of halogens is 3. The molecule has 1 amide bonds. The van der Waals surface area contributed by atoms with Gasteiger partial charge in [-0.25, -0.2) is 8.78 Å². The molecule has 2 N–H and O–H groups in total. The lowest BCUT2D eigenvalue weighted by Gasteiger charge is -2.37. The fourth-order valence-electron chi connectivity index (χ4n) is 3.22. The molecule has 4 nitrogen and oxygen atoms in total. The number of phenols is 1. The molecule has 2 aliphatic heterocycles. The molecule has 2 unspecified atom stereocenters. The Bertz CT molecular complexity index is 594. The molecular formula is C14H15F3N2O2. The highest BCUT2D eigenvalue weighted by molar-refractivity contribution is 5.95. The molecule has 21 heavy (non-hydrogen) atoms. The van der Waals surface area contributed by atoms with Crippen LogP contribution >= 0.6 is 0 Å². The minimum Gasteiger partial charge on any atom is -0.503 e. The maximum atomic E-state index is 13.9. The van der Waals surface area contributed by atoms with Crippen molar-refractivity contribution in [3.63, 3.8) is 0 Å². The lowest BCUT2D eigenvalue weighted by atomic mass is 9.91. The van der Waals surface area contributed by atoms with Gasteiger partial charge in [0.2, 0.25) is 5.82 Å². The minimum absolute atomic E-state index is 0.0686. The number of hydrogen-bond acceptors (Lipinski definition) is 3. The van der Waals surface area contributed by atoms with Crippen molar-refractivity contribution < 1.29 is 23.1 Å². The minimum atomic E-state index is -1.68. The number of hydrogen-bond donors (Lipinski definition) is 2. The van der Waals surface area contributed by atoms with Crippen molar-refractivity contribution in [2.24, 2.45) is 5.92 Å². The van der Waals surface area contributed by atoms with Crippen LogP contribution in [0.1, 0.15) is 23.2 Å². The van der Waals surface area contributed by atoms with Crippen molar-refractivity contribution in [3.05, 3.63) is 29.1 Å². The number of carbonyl (C=O) groups excluding carboxylic acids is 1. The molecule has 0 saturated carbocycles. The van der Waals surface area contributed by atoms with Crippen LogP contribution in [0.2, 0.25) is 0 Å². The SMILES string of the molecule is O=C(c1cc(F)c(F)c(O)c1F)N1CCCC2CNCC21. The summed E-state index contributed by atoms with van der Waals surface area (Å²) in [6.45, 7) is 1.84. The van der Waals surface area contributed by atoms with Crippen molar-refractivity contribution in [2.45, 2.75) is 18.9 Å². The molecule has 2 aliphatic rings. The second-order valence-electron chi connectivity index (χ2n) is 5.51. The van der Waals surface area contributed by atoms with E-state index in [1.807, 2.05) is 0 Å². The van der Waals surface area contributed by atoms with E-state index in [2.05, 4.69) is 5.32 Å². The van der Waals surface area contributed by atoms with Crippen molar-refractivity contribution in [2.75, 3.05) is 19.6 Å². The third-order valence-electron chi connectivity index (χ3n) is 4.30. The maximum absolute atomic E-state index is 13.9. The van der Waals surface area contributed by atoms with Crippen molar-refractivity contribution in [1.82, 2.24) is 10.2 Å². The van der Waals surface area contributed by atoms with Gasteiger partial charge in [0.05, 0.1) is 5.56 Å². The highest BCUT2D eigenvalue weighted by Crippen LogP contribution is 2.31. The Balaban J connectivity index is 1.95. The zero-order chi connectivity index (χ0) is 15.1. The van der Waals surface area contributed by atoms with Crippen molar-refractivity contribution in [1.29, 1.82) is 0 Å². The Hall–Kier alpha value is -1.76. The Morgan fingerprint density at radius 2 is 2.05 bits per heavy atom. The second-order valence-corrected chi connectivity index (χ2v) is 5.51. The fourth-order valence-corrected chi connectivity index (χ4v) is 3.22. The molecule has 1 aromatic carbocycles. The highest BCUT2D eigenvalue weighted by Gasteiger charge is 2.38. The fraction of sp³-hybridized carbons (Fsp3) is 0.500. The van der Waals surface area contributed by atoms with E-state index in [-0.39, 0.29) is 6.04 Å². The molecule has 0 bridgehead atoms. The predicted octanol–water partition coefficient (Wildman–Crippen LogP) is 1.63. The molecule has 0 radical (unpaired) electrons. The summed E-state index contributed by atoms with van der Waals surface area (Å²) in [6.07, 6.45) is 1.76. The number of piperidine rings is 1. The summed E-state index contributed by atoms with van der Waals surface area (Å²) >= 11 is 0. The Kier molecular flexibility index (Phi) is 3.52. The predicted molar refractivity (Wildman–Crippen MR) is 68.4 cm³/mol. The number of fused-ring (bicyclic) bond motifs is 1. The molecule has 114 valence electrons. The maximum Gasteiger partial charge on any atom is 0.257 e. The molecule has 0 aliphatic carbocycles. The molecule has 0 aromatic heterocycles. The summed E-state index contributed by atoms with van der Waals surface area (Å²) in [5, 5.41) is 12.4. The van der Waals surface area contributed by atoms with Crippen LogP contribution in [0.4, 0.5) is 13.2 Å². The van der Waals surface area contributed by atoms with E-state index in [1.165, 1.54) is 4.90 Å². The standard InChI is InChI=1S/C14H15F3N2O2/c15-9-4-8(11(16)13(20)12(9)17)14(21)19-3-1-2-7-5-18-6-10(7)19/h4,7,10,18,20H,1-3,5-6H2. The third kappa shape index (κ3) is 2.25. The number of rotatable bonds is 1. The molecular weight excluding hydrogens is 285 g/mol. The van der Waals surface area contributed by atoms with Crippen molar-refractivity contribution >= 4 is 5.91 Å². The Labute approximate surface area is 119 Å². The van der Waals surface area contributed by atoms with E-state index >= 15 is 0 Å². The number of nitrogens with zero attached hydrogens (tertiary/aromatic N) is 1. The van der Waals surface area contributed by atoms with Crippen LogP contribution < -0.4 is 5.32 Å². The molecule has 2 heterocycles. The average molecular weight is 300 g/mol. The van der Waals surface area contributed by atoms with Crippen LogP contribution in [-0.4, -0.2) is 41.6 Å². The van der Waals surface area contributed by atoms with Gasteiger partial charge in [-0.1, -0.05) is 0 Å². The number of benzene rings is 1. The van der Waals surface area contributed by atoms with Crippen LogP contribution in [0.25, 0.3) is 0 Å². The number of carbonyl (C=O) groups is 1. The second kappa shape index (κ2) is 5.22. The highest BCUT2D eigenvalue weighted by atomic mass is 19.2. The molecule has 2 fully saturated rings. The Morgan fingerprint density at radius 3 is 2.81 bits per heavy atom. The molecule has 1 aromatic rings. The van der Waals surface area contributed by atoms with E-state index in [9.17, 15) is 23.1 Å². The van der Waals surface area contributed by atoms with Crippen LogP contribution in [0.15, 0.2) is 6.07 Å². The number of phenolic OH excluding ortho intramolecular Hbond substituents is 1. The van der Waals surface area contributed by atoms with Gasteiger partial charge in [-0.3, -0.25) is 4.79 Å². The van der Waals surface area contributed by atoms with Gasteiger partial charge in [-0.05, 0) is 24.8 Å². The number of amides is 1. The normalized spacial score (nSPS) is 25.0. The average Bonchev–Trinajstić information content (AvgIpc) is 2.96. The molecule has 2 atom stereocenters. The van der Waals surface area contributed by atoms with Crippen molar-refractivity contribution in [3.8, 4) is 5.75 Å². The van der Waals surface area contributed by atoms with Gasteiger partial charge in [0.15, 0.2) is 17.4 Å². The lowest BCUT2D eigenvalue weighted by Crippen LogP contribution is -2.48. The largest absolute Gasteiger partial charge is 0.503 e. The quantitative estimate of drug-likeness (QED) is 0.775. The first-order valence-electron chi connectivity index (χ1n) is 6.89. The van der Waals surface area contributed by atoms with Gasteiger partial charge in [-0.2, -0.15) is 4.39 Å². The monoisotopic (exact) mass is 300 g/mol. The lowest BCUT2D eigenvalue weighted by molar-refractivity contribution is 0.0568. The third-order valence-corrected chi connectivity index (χ3v) is 4.30. The molecule has 3 rings (SSSR count). The molecule has 7 heteroatoms. The van der Waals surface area contributed by atoms with E-state index in [0.717, 1.165) is 19.4 Å². The Morgan fingerprint density at radius 1 is 1.29 bits per heavy atom. The van der Waals surface area contributed by atoms with E-state index < -0.39 is 34.7 Å². The van der Waals surface area contributed by atoms with Gasteiger partial charge in [0.1, 0.15) is 0 Å². The number of nitrogens with one attached hydrogen (secondary N) is 1. The van der Waals surface area contributed by atoms with Crippen LogP contribution in [-0.2, 0) is 0 Å². The van der Waals surface area contributed by atoms with E-state index in [4.69, 9.17) is 0 Å². The summed E-state index contributed by atoms with van der Waals surface area (Å²) in [5.74, 6) is -6.38. The summed E-state index contributed by atoms with van der Waals surface area (Å²) in [7, 11) is 0. The number of likely N-dealkylation sites (tertiary alicyclic amines) is 1. The molecule has 2 saturated heterocycles. The summed E-state index contributed by atoms with van der Waals surface area (Å²) < 4.78 is 40.3. The first kappa shape index (κ1) is 14.2. The summed E-state index contributed by atoms with van der Waals surface area (Å²) in [6, 6.07) is 0.444. The van der Waals surface area contributed by atoms with Gasteiger partial charge in [-0.15, -0.1) is 0 Å². The van der Waals surface area contributed by atoms with E-state index in [0.29, 0.717) is 25.1 Å². The van der Waals surface area contributed by atoms with Gasteiger partial charge < -0.3 is 15.3 Å². The first-order valence-corrected chi connectivity index (χ1v) is 6.89. The van der Waals surface area contributed by atoms with Crippen LogP contribution in [0.3, 0.4) is 0 Å². The smallest absolute Gasteiger partial charge is 0.257 e. The summed E-state index contributed by atoms with van der Waals surface area (Å²) in [5.41, 5.74) is -0.626. The molecule has 0 spiro atoms. The van der Waals surface area contributed by atoms with Gasteiger partial charge >= 0.3 is 0 Å². The zero-order valence-corrected chi connectivity index (χ0v) is 11.2. The first-order chi connectivity index (χ1) is 10.0. The van der Waals surface area contributed by atoms with Gasteiger partial charge in [0.25, 0.3) is 5.91 Å². The summed E-state index contributed by atoms with van der Waals surface area (Å²) in [4.78, 5) is 13.9. The number of aromatic hydroxyl groups is 1. The van der Waals surface area contributed by atoms with Gasteiger partial charge in [0, 0.05) is 25.7 Å². The zero-order valence-electron chi connectivity index (χ0n) is 11.2. The van der Waals surface area contributed by atoms with E-state index in [1.54, 1.807) is 0 Å². The van der Waals surface area contributed by atoms with Crippen LogP contribution in [0.5, 0.6) is 5.75 Å². The van der Waals surface area contributed by atoms with Crippen LogP contribution in [0, 0.1) is 23.4 Å².